The third-order valence-electron chi connectivity index (χ3n) is 3.84. The number of hydrogen-bond donors (Lipinski definition) is 0. The van der Waals surface area contributed by atoms with E-state index in [1.165, 1.54) is 17.2 Å². The maximum Gasteiger partial charge on any atom is 0.258 e. The number of pyridine rings is 1. The van der Waals surface area contributed by atoms with Crippen LogP contribution in [0.4, 0.5) is 0 Å². The van der Waals surface area contributed by atoms with Crippen molar-refractivity contribution in [2.75, 3.05) is 0 Å². The van der Waals surface area contributed by atoms with Gasteiger partial charge in [0.2, 0.25) is 0 Å². The Labute approximate surface area is 145 Å². The lowest BCUT2D eigenvalue weighted by molar-refractivity contribution is 0.736. The molecule has 0 spiro atoms. The predicted molar refractivity (Wildman–Crippen MR) is 91.7 cm³/mol. The number of halogens is 1. The van der Waals surface area contributed by atoms with Gasteiger partial charge in [-0.15, -0.1) is 10.2 Å². The largest absolute Gasteiger partial charge is 0.309 e. The molecule has 4 rings (SSSR count). The topological polar surface area (TPSA) is 65.1 Å². The molecule has 0 radical (unpaired) electrons. The first-order chi connectivity index (χ1) is 11.1. The first-order valence-electron chi connectivity index (χ1n) is 7.32. The minimum atomic E-state index is -0.0801. The molecular weight excluding hydrogens is 378 g/mol. The lowest BCUT2D eigenvalue weighted by Crippen LogP contribution is -2.15. The molecule has 0 amide bonds. The molecule has 8 heteroatoms. The average molecular weight is 392 g/mol. The standard InChI is InChI=1S/C15H14BrN5OS/c1-20-14(9-2-3-9)18-19-15(20)23-8-11-6-13(22)21-7-10(16)4-5-12(21)17-11/h4-7,9H,2-3,8H2,1H3. The van der Waals surface area contributed by atoms with E-state index in [1.807, 2.05) is 23.7 Å². The summed E-state index contributed by atoms with van der Waals surface area (Å²) in [7, 11) is 2.00. The molecule has 118 valence electrons. The lowest BCUT2D eigenvalue weighted by Gasteiger charge is -2.05. The van der Waals surface area contributed by atoms with Crippen molar-refractivity contribution in [3.63, 3.8) is 0 Å². The Kier molecular flexibility index (Phi) is 3.73. The van der Waals surface area contributed by atoms with Gasteiger partial charge >= 0.3 is 0 Å². The quantitative estimate of drug-likeness (QED) is 0.639. The minimum Gasteiger partial charge on any atom is -0.309 e. The highest BCUT2D eigenvalue weighted by molar-refractivity contribution is 9.10. The smallest absolute Gasteiger partial charge is 0.258 e. The van der Waals surface area contributed by atoms with Crippen LogP contribution in [0.25, 0.3) is 5.65 Å². The Morgan fingerprint density at radius 1 is 1.35 bits per heavy atom. The number of aromatic nitrogens is 5. The Balaban J connectivity index is 1.58. The monoisotopic (exact) mass is 391 g/mol. The molecule has 0 aromatic carbocycles. The van der Waals surface area contributed by atoms with E-state index < -0.39 is 0 Å². The summed E-state index contributed by atoms with van der Waals surface area (Å²) < 4.78 is 4.43. The molecule has 3 aromatic heterocycles. The first-order valence-corrected chi connectivity index (χ1v) is 9.09. The summed E-state index contributed by atoms with van der Waals surface area (Å²) in [6, 6.07) is 5.28. The van der Waals surface area contributed by atoms with Crippen molar-refractivity contribution in [2.45, 2.75) is 29.7 Å². The molecule has 0 unspecified atom stereocenters. The van der Waals surface area contributed by atoms with Crippen LogP contribution in [0.15, 0.2) is 38.8 Å². The van der Waals surface area contributed by atoms with Crippen LogP contribution in [0.1, 0.15) is 30.3 Å². The fourth-order valence-electron chi connectivity index (χ4n) is 2.49. The van der Waals surface area contributed by atoms with E-state index >= 15 is 0 Å². The molecule has 0 bridgehead atoms. The van der Waals surface area contributed by atoms with Crippen LogP contribution >= 0.6 is 27.7 Å². The van der Waals surface area contributed by atoms with E-state index in [-0.39, 0.29) is 5.56 Å². The lowest BCUT2D eigenvalue weighted by atomic mass is 10.4. The molecule has 1 saturated carbocycles. The van der Waals surface area contributed by atoms with Gasteiger partial charge in [0.25, 0.3) is 5.56 Å². The molecule has 0 atom stereocenters. The number of fused-ring (bicyclic) bond motifs is 1. The van der Waals surface area contributed by atoms with Crippen molar-refractivity contribution in [2.24, 2.45) is 7.05 Å². The Morgan fingerprint density at radius 2 is 2.17 bits per heavy atom. The molecule has 0 N–H and O–H groups in total. The van der Waals surface area contributed by atoms with Crippen LogP contribution in [0.2, 0.25) is 0 Å². The Hall–Kier alpha value is -1.67. The van der Waals surface area contributed by atoms with Gasteiger partial charge in [-0.1, -0.05) is 11.8 Å². The molecular formula is C15H14BrN5OS. The summed E-state index contributed by atoms with van der Waals surface area (Å²) in [5, 5.41) is 9.38. The number of hydrogen-bond acceptors (Lipinski definition) is 5. The second-order valence-corrected chi connectivity index (χ2v) is 7.48. The van der Waals surface area contributed by atoms with Crippen LogP contribution in [-0.2, 0) is 12.8 Å². The van der Waals surface area contributed by atoms with Crippen LogP contribution in [0.5, 0.6) is 0 Å². The number of rotatable bonds is 4. The summed E-state index contributed by atoms with van der Waals surface area (Å²) in [5.74, 6) is 2.23. The molecule has 0 aliphatic heterocycles. The molecule has 3 aromatic rings. The molecule has 1 aliphatic carbocycles. The normalized spacial score (nSPS) is 14.5. The fraction of sp³-hybridized carbons (Fsp3) is 0.333. The van der Waals surface area contributed by atoms with Gasteiger partial charge in [-0.05, 0) is 40.9 Å². The van der Waals surface area contributed by atoms with Gasteiger partial charge in [-0.25, -0.2) is 4.98 Å². The van der Waals surface area contributed by atoms with E-state index in [9.17, 15) is 4.79 Å². The van der Waals surface area contributed by atoms with Gasteiger partial charge in [-0.3, -0.25) is 9.20 Å². The van der Waals surface area contributed by atoms with E-state index in [0.717, 1.165) is 21.1 Å². The SMILES string of the molecule is Cn1c(SCc2cc(=O)n3cc(Br)ccc3n2)nnc1C1CC1. The first kappa shape index (κ1) is 14.9. The molecule has 1 fully saturated rings. The van der Waals surface area contributed by atoms with Gasteiger partial charge in [0, 0.05) is 35.5 Å². The van der Waals surface area contributed by atoms with E-state index in [4.69, 9.17) is 0 Å². The zero-order valence-corrected chi connectivity index (χ0v) is 14.8. The van der Waals surface area contributed by atoms with E-state index in [0.29, 0.717) is 17.3 Å². The third kappa shape index (κ3) is 2.92. The number of nitrogens with zero attached hydrogens (tertiary/aromatic N) is 5. The fourth-order valence-corrected chi connectivity index (χ4v) is 3.63. The van der Waals surface area contributed by atoms with Crippen molar-refractivity contribution in [1.29, 1.82) is 0 Å². The van der Waals surface area contributed by atoms with Crippen molar-refractivity contribution in [3.8, 4) is 0 Å². The summed E-state index contributed by atoms with van der Waals surface area (Å²) in [6.07, 6.45) is 4.14. The molecule has 23 heavy (non-hydrogen) atoms. The van der Waals surface area contributed by atoms with Crippen LogP contribution in [-0.4, -0.2) is 24.1 Å². The number of thioether (sulfide) groups is 1. The zero-order valence-electron chi connectivity index (χ0n) is 12.4. The zero-order chi connectivity index (χ0) is 16.0. The predicted octanol–water partition coefficient (Wildman–Crippen LogP) is 2.76. The second kappa shape index (κ2) is 5.76. The minimum absolute atomic E-state index is 0.0801. The van der Waals surface area contributed by atoms with Crippen LogP contribution in [0.3, 0.4) is 0 Å². The van der Waals surface area contributed by atoms with Crippen molar-refractivity contribution >= 4 is 33.3 Å². The van der Waals surface area contributed by atoms with E-state index in [2.05, 4.69) is 31.1 Å². The highest BCUT2D eigenvalue weighted by atomic mass is 79.9. The molecule has 0 saturated heterocycles. The Bertz CT molecular complexity index is 947. The van der Waals surface area contributed by atoms with Gasteiger partial charge in [0.1, 0.15) is 11.5 Å². The summed E-state index contributed by atoms with van der Waals surface area (Å²) in [6.45, 7) is 0. The van der Waals surface area contributed by atoms with E-state index in [1.54, 1.807) is 24.0 Å². The third-order valence-corrected chi connectivity index (χ3v) is 5.36. The average Bonchev–Trinajstić information content (AvgIpc) is 3.30. The van der Waals surface area contributed by atoms with Crippen molar-refractivity contribution in [3.05, 3.63) is 50.7 Å². The second-order valence-electron chi connectivity index (χ2n) is 5.62. The maximum absolute atomic E-state index is 12.2. The van der Waals surface area contributed by atoms with Crippen LogP contribution in [0, 0.1) is 0 Å². The molecule has 6 nitrogen and oxygen atoms in total. The van der Waals surface area contributed by atoms with Crippen LogP contribution < -0.4 is 5.56 Å². The Morgan fingerprint density at radius 3 is 2.96 bits per heavy atom. The molecule has 1 aliphatic rings. The van der Waals surface area contributed by atoms with Gasteiger partial charge in [-0.2, -0.15) is 0 Å². The van der Waals surface area contributed by atoms with Gasteiger partial charge < -0.3 is 4.57 Å². The molecule has 3 heterocycles. The summed E-state index contributed by atoms with van der Waals surface area (Å²) >= 11 is 4.92. The van der Waals surface area contributed by atoms with Gasteiger partial charge in [0.15, 0.2) is 5.16 Å². The maximum atomic E-state index is 12.2. The van der Waals surface area contributed by atoms with Crippen molar-refractivity contribution in [1.82, 2.24) is 24.1 Å². The summed E-state index contributed by atoms with van der Waals surface area (Å²) in [4.78, 5) is 16.7. The highest BCUT2D eigenvalue weighted by Crippen LogP contribution is 2.39. The summed E-state index contributed by atoms with van der Waals surface area (Å²) in [5.41, 5.74) is 1.31. The van der Waals surface area contributed by atoms with Gasteiger partial charge in [0.05, 0.1) is 5.69 Å². The van der Waals surface area contributed by atoms with Crippen molar-refractivity contribution < 1.29 is 0 Å². The highest BCUT2D eigenvalue weighted by Gasteiger charge is 2.29.